The number of morpholine rings is 1. The number of nitriles is 1. The average Bonchev–Trinajstić information content (AvgIpc) is 2.38. The van der Waals surface area contributed by atoms with E-state index < -0.39 is 12.1 Å². The molecule has 2 rings (SSSR count). The second kappa shape index (κ2) is 5.38. The third-order valence-electron chi connectivity index (χ3n) is 2.76. The molecule has 0 radical (unpaired) electrons. The summed E-state index contributed by atoms with van der Waals surface area (Å²) >= 11 is 3.40. The molecule has 0 bridgehead atoms. The lowest BCUT2D eigenvalue weighted by Crippen LogP contribution is -2.46. The molecule has 1 unspecified atom stereocenters. The molecule has 1 aromatic carbocycles. The number of carbonyl (C=O) groups is 1. The van der Waals surface area contributed by atoms with Gasteiger partial charge in [-0.05, 0) is 34.1 Å². The molecular formula is C12H11BrN2O3. The molecule has 1 aromatic rings. The van der Waals surface area contributed by atoms with E-state index >= 15 is 0 Å². The van der Waals surface area contributed by atoms with Crippen molar-refractivity contribution in [1.29, 1.82) is 5.26 Å². The smallest absolute Gasteiger partial charge is 0.334 e. The number of anilines is 1. The fourth-order valence-corrected chi connectivity index (χ4v) is 2.48. The van der Waals surface area contributed by atoms with E-state index in [1.54, 1.807) is 12.1 Å². The molecule has 0 aromatic heterocycles. The number of aliphatic carboxylic acids is 1. The van der Waals surface area contributed by atoms with Gasteiger partial charge in [0.25, 0.3) is 0 Å². The van der Waals surface area contributed by atoms with Crippen LogP contribution in [0.5, 0.6) is 0 Å². The SMILES string of the molecule is N#Cc1ccc(N2CCOC(C(=O)O)C2)c(Br)c1. The van der Waals surface area contributed by atoms with E-state index in [1.807, 2.05) is 11.0 Å². The molecular weight excluding hydrogens is 300 g/mol. The molecule has 1 fully saturated rings. The molecule has 5 nitrogen and oxygen atoms in total. The predicted octanol–water partition coefficient (Wildman–Crippen LogP) is 1.61. The molecule has 1 heterocycles. The summed E-state index contributed by atoms with van der Waals surface area (Å²) in [5.41, 5.74) is 1.44. The van der Waals surface area contributed by atoms with Crippen molar-refractivity contribution in [2.45, 2.75) is 6.10 Å². The molecule has 1 aliphatic heterocycles. The standard InChI is InChI=1S/C12H11BrN2O3/c13-9-5-8(6-14)1-2-10(9)15-3-4-18-11(7-15)12(16)17/h1-2,5,11H,3-4,7H2,(H,16,17). The molecule has 1 atom stereocenters. The van der Waals surface area contributed by atoms with Crippen LogP contribution in [0, 0.1) is 11.3 Å². The van der Waals surface area contributed by atoms with Crippen LogP contribution in [0.3, 0.4) is 0 Å². The number of halogens is 1. The molecule has 0 aliphatic carbocycles. The van der Waals surface area contributed by atoms with Crippen molar-refractivity contribution in [3.63, 3.8) is 0 Å². The minimum absolute atomic E-state index is 0.305. The van der Waals surface area contributed by atoms with Gasteiger partial charge in [-0.3, -0.25) is 0 Å². The van der Waals surface area contributed by atoms with Crippen LogP contribution in [0.2, 0.25) is 0 Å². The number of carboxylic acid groups (broad SMARTS) is 1. The Labute approximate surface area is 113 Å². The van der Waals surface area contributed by atoms with Crippen molar-refractivity contribution in [1.82, 2.24) is 0 Å². The first-order chi connectivity index (χ1) is 8.61. The van der Waals surface area contributed by atoms with Crippen LogP contribution in [0.1, 0.15) is 5.56 Å². The highest BCUT2D eigenvalue weighted by atomic mass is 79.9. The van der Waals surface area contributed by atoms with Gasteiger partial charge < -0.3 is 14.7 Å². The van der Waals surface area contributed by atoms with Gasteiger partial charge in [-0.1, -0.05) is 0 Å². The van der Waals surface area contributed by atoms with E-state index in [0.29, 0.717) is 25.3 Å². The number of nitrogens with zero attached hydrogens (tertiary/aromatic N) is 2. The quantitative estimate of drug-likeness (QED) is 0.898. The van der Waals surface area contributed by atoms with E-state index in [2.05, 4.69) is 22.0 Å². The second-order valence-corrected chi connectivity index (χ2v) is 4.78. The fraction of sp³-hybridized carbons (Fsp3) is 0.333. The van der Waals surface area contributed by atoms with E-state index in [0.717, 1.165) is 10.2 Å². The number of carboxylic acids is 1. The molecule has 94 valence electrons. The zero-order valence-corrected chi connectivity index (χ0v) is 11.1. The molecule has 0 amide bonds. The van der Waals surface area contributed by atoms with Gasteiger partial charge in [0.1, 0.15) is 0 Å². The predicted molar refractivity (Wildman–Crippen MR) is 68.4 cm³/mol. The summed E-state index contributed by atoms with van der Waals surface area (Å²) in [5.74, 6) is -0.954. The summed E-state index contributed by atoms with van der Waals surface area (Å²) in [5, 5.41) is 17.7. The van der Waals surface area contributed by atoms with Gasteiger partial charge in [-0.2, -0.15) is 5.26 Å². The van der Waals surface area contributed by atoms with Crippen molar-refractivity contribution >= 4 is 27.6 Å². The van der Waals surface area contributed by atoms with E-state index in [1.165, 1.54) is 0 Å². The Hall–Kier alpha value is -1.58. The minimum Gasteiger partial charge on any atom is -0.479 e. The highest BCUT2D eigenvalue weighted by molar-refractivity contribution is 9.10. The van der Waals surface area contributed by atoms with Gasteiger partial charge in [-0.15, -0.1) is 0 Å². The van der Waals surface area contributed by atoms with Gasteiger partial charge in [0.05, 0.1) is 30.5 Å². The number of ether oxygens (including phenoxy) is 1. The lowest BCUT2D eigenvalue weighted by Gasteiger charge is -2.33. The molecule has 1 saturated heterocycles. The Morgan fingerprint density at radius 3 is 3.00 bits per heavy atom. The number of benzene rings is 1. The largest absolute Gasteiger partial charge is 0.479 e. The van der Waals surface area contributed by atoms with Gasteiger partial charge in [0, 0.05) is 11.0 Å². The number of rotatable bonds is 2. The van der Waals surface area contributed by atoms with E-state index in [-0.39, 0.29) is 0 Å². The molecule has 6 heteroatoms. The van der Waals surface area contributed by atoms with Crippen molar-refractivity contribution in [2.75, 3.05) is 24.6 Å². The lowest BCUT2D eigenvalue weighted by atomic mass is 10.2. The summed E-state index contributed by atoms with van der Waals surface area (Å²) in [4.78, 5) is 12.8. The van der Waals surface area contributed by atoms with Crippen molar-refractivity contribution in [3.05, 3.63) is 28.2 Å². The first-order valence-electron chi connectivity index (χ1n) is 5.41. The molecule has 0 saturated carbocycles. The molecule has 18 heavy (non-hydrogen) atoms. The highest BCUT2D eigenvalue weighted by Crippen LogP contribution is 2.28. The fourth-order valence-electron chi connectivity index (χ4n) is 1.85. The Morgan fingerprint density at radius 2 is 2.39 bits per heavy atom. The zero-order chi connectivity index (χ0) is 13.1. The minimum atomic E-state index is -0.954. The normalized spacial score (nSPS) is 19.3. The zero-order valence-electron chi connectivity index (χ0n) is 9.47. The van der Waals surface area contributed by atoms with Crippen molar-refractivity contribution in [2.24, 2.45) is 0 Å². The van der Waals surface area contributed by atoms with Gasteiger partial charge in [0.2, 0.25) is 0 Å². The van der Waals surface area contributed by atoms with E-state index in [4.69, 9.17) is 15.1 Å². The van der Waals surface area contributed by atoms with Gasteiger partial charge in [-0.25, -0.2) is 4.79 Å². The van der Waals surface area contributed by atoms with Gasteiger partial charge >= 0.3 is 5.97 Å². The summed E-state index contributed by atoms with van der Waals surface area (Å²) in [7, 11) is 0. The number of hydrogen-bond acceptors (Lipinski definition) is 4. The van der Waals surface area contributed by atoms with Crippen LogP contribution >= 0.6 is 15.9 Å². The van der Waals surface area contributed by atoms with Crippen molar-refractivity contribution in [3.8, 4) is 6.07 Å². The maximum Gasteiger partial charge on any atom is 0.334 e. The van der Waals surface area contributed by atoms with Crippen LogP contribution in [0.4, 0.5) is 5.69 Å². The summed E-state index contributed by atoms with van der Waals surface area (Å²) in [6, 6.07) is 7.31. The first kappa shape index (κ1) is 12.9. The van der Waals surface area contributed by atoms with Crippen molar-refractivity contribution < 1.29 is 14.6 Å². The van der Waals surface area contributed by atoms with Crippen LogP contribution < -0.4 is 4.90 Å². The topological polar surface area (TPSA) is 73.6 Å². The Bertz CT molecular complexity index is 513. The summed E-state index contributed by atoms with van der Waals surface area (Å²) < 4.78 is 5.95. The maximum absolute atomic E-state index is 10.9. The molecule has 0 spiro atoms. The monoisotopic (exact) mass is 310 g/mol. The third-order valence-corrected chi connectivity index (χ3v) is 3.39. The Morgan fingerprint density at radius 1 is 1.61 bits per heavy atom. The summed E-state index contributed by atoms with van der Waals surface area (Å²) in [6.45, 7) is 1.32. The van der Waals surface area contributed by atoms with E-state index in [9.17, 15) is 4.79 Å². The Balaban J connectivity index is 2.21. The van der Waals surface area contributed by atoms with Crippen LogP contribution in [0.15, 0.2) is 22.7 Å². The first-order valence-corrected chi connectivity index (χ1v) is 6.20. The molecule has 1 aliphatic rings. The van der Waals surface area contributed by atoms with Crippen LogP contribution in [-0.4, -0.2) is 36.9 Å². The second-order valence-electron chi connectivity index (χ2n) is 3.92. The molecule has 1 N–H and O–H groups in total. The Kier molecular flexibility index (Phi) is 3.84. The number of hydrogen-bond donors (Lipinski definition) is 1. The van der Waals surface area contributed by atoms with Crippen LogP contribution in [-0.2, 0) is 9.53 Å². The lowest BCUT2D eigenvalue weighted by molar-refractivity contribution is -0.150. The summed E-state index contributed by atoms with van der Waals surface area (Å²) in [6.07, 6.45) is -0.804. The average molecular weight is 311 g/mol. The third kappa shape index (κ3) is 2.63. The van der Waals surface area contributed by atoms with Crippen LogP contribution in [0.25, 0.3) is 0 Å². The highest BCUT2D eigenvalue weighted by Gasteiger charge is 2.27. The van der Waals surface area contributed by atoms with Gasteiger partial charge in [0.15, 0.2) is 6.10 Å². The maximum atomic E-state index is 10.9.